The molecule has 100 valence electrons. The lowest BCUT2D eigenvalue weighted by Gasteiger charge is -2.17. The van der Waals surface area contributed by atoms with Gasteiger partial charge in [0.15, 0.2) is 0 Å². The van der Waals surface area contributed by atoms with E-state index in [9.17, 15) is 8.78 Å². The fourth-order valence-corrected chi connectivity index (χ4v) is 3.40. The molecule has 1 aromatic carbocycles. The normalized spacial score (nSPS) is 24.9. The molecular weight excluding hydrogens is 322 g/mol. The first kappa shape index (κ1) is 14.3. The van der Waals surface area contributed by atoms with Gasteiger partial charge in [0.1, 0.15) is 11.6 Å². The molecule has 2 unspecified atom stereocenters. The smallest absolute Gasteiger partial charge is 0.143 e. The molecule has 1 aliphatic carbocycles. The van der Waals surface area contributed by atoms with E-state index in [1.54, 1.807) is 0 Å². The highest BCUT2D eigenvalue weighted by molar-refractivity contribution is 9.10. The first-order valence-corrected chi connectivity index (χ1v) is 7.57. The van der Waals surface area contributed by atoms with Crippen molar-refractivity contribution in [3.8, 4) is 0 Å². The Morgan fingerprint density at radius 3 is 2.72 bits per heavy atom. The summed E-state index contributed by atoms with van der Waals surface area (Å²) in [6, 6.07) is 2.73. The van der Waals surface area contributed by atoms with E-state index >= 15 is 0 Å². The lowest BCUT2D eigenvalue weighted by molar-refractivity contribution is 0.435. The van der Waals surface area contributed by atoms with Crippen LogP contribution in [0.5, 0.6) is 0 Å². The van der Waals surface area contributed by atoms with Gasteiger partial charge in [-0.05, 0) is 53.2 Å². The molecule has 1 fully saturated rings. The Morgan fingerprint density at radius 2 is 1.94 bits per heavy atom. The molecule has 0 spiro atoms. The van der Waals surface area contributed by atoms with Gasteiger partial charge in [0, 0.05) is 10.9 Å². The van der Waals surface area contributed by atoms with E-state index in [-0.39, 0.29) is 16.9 Å². The Bertz CT molecular complexity index is 423. The van der Waals surface area contributed by atoms with Crippen molar-refractivity contribution in [1.82, 2.24) is 0 Å². The molecule has 0 aromatic heterocycles. The highest BCUT2D eigenvalue weighted by atomic mass is 79.9. The van der Waals surface area contributed by atoms with Gasteiger partial charge in [-0.3, -0.25) is 0 Å². The van der Waals surface area contributed by atoms with Crippen molar-refractivity contribution < 1.29 is 8.78 Å². The van der Waals surface area contributed by atoms with Crippen LogP contribution < -0.4 is 0 Å². The molecule has 0 N–H and O–H groups in total. The van der Waals surface area contributed by atoms with E-state index in [1.165, 1.54) is 12.1 Å². The zero-order chi connectivity index (χ0) is 13.1. The number of halogens is 4. The first-order chi connectivity index (χ1) is 8.58. The molecule has 2 atom stereocenters. The Morgan fingerprint density at radius 1 is 1.22 bits per heavy atom. The van der Waals surface area contributed by atoms with E-state index in [1.807, 2.05) is 0 Å². The number of hydrogen-bond acceptors (Lipinski definition) is 0. The molecule has 0 radical (unpaired) electrons. The molecule has 1 saturated carbocycles. The zero-order valence-electron chi connectivity index (χ0n) is 10.1. The molecule has 0 bridgehead atoms. The Labute approximate surface area is 120 Å². The van der Waals surface area contributed by atoms with Crippen LogP contribution in [0.4, 0.5) is 8.78 Å². The average Bonchev–Trinajstić information content (AvgIpc) is 2.54. The summed E-state index contributed by atoms with van der Waals surface area (Å²) >= 11 is 9.30. The van der Waals surface area contributed by atoms with Crippen LogP contribution in [0.1, 0.15) is 37.7 Å². The highest BCUT2D eigenvalue weighted by Crippen LogP contribution is 2.31. The predicted octanol–water partition coefficient (Wildman–Crippen LogP) is 5.46. The SMILES string of the molecule is Fc1ccc(Br)c(F)c1CC1CCCCC(Cl)C1. The maximum absolute atomic E-state index is 13.9. The van der Waals surface area contributed by atoms with Crippen molar-refractivity contribution in [2.24, 2.45) is 5.92 Å². The largest absolute Gasteiger partial charge is 0.207 e. The third-order valence-electron chi connectivity index (χ3n) is 3.60. The molecule has 2 rings (SSSR count). The van der Waals surface area contributed by atoms with Crippen molar-refractivity contribution in [1.29, 1.82) is 0 Å². The molecule has 1 aliphatic rings. The summed E-state index contributed by atoms with van der Waals surface area (Å²) < 4.78 is 27.9. The maximum atomic E-state index is 13.9. The Balaban J connectivity index is 2.15. The summed E-state index contributed by atoms with van der Waals surface area (Å²) in [5, 5.41) is 0.149. The summed E-state index contributed by atoms with van der Waals surface area (Å²) in [5.41, 5.74) is 0.195. The van der Waals surface area contributed by atoms with Gasteiger partial charge in [0.05, 0.1) is 4.47 Å². The van der Waals surface area contributed by atoms with Crippen molar-refractivity contribution in [2.75, 3.05) is 0 Å². The minimum Gasteiger partial charge on any atom is -0.207 e. The summed E-state index contributed by atoms with van der Waals surface area (Å²) in [6.07, 6.45) is 5.54. The predicted molar refractivity (Wildman–Crippen MR) is 74.0 cm³/mol. The van der Waals surface area contributed by atoms with E-state index in [0.717, 1.165) is 32.1 Å². The fourth-order valence-electron chi connectivity index (χ4n) is 2.63. The number of alkyl halides is 1. The molecule has 0 aliphatic heterocycles. The zero-order valence-corrected chi connectivity index (χ0v) is 12.4. The van der Waals surface area contributed by atoms with Crippen LogP contribution in [0.3, 0.4) is 0 Å². The number of rotatable bonds is 2. The second-order valence-corrected chi connectivity index (χ2v) is 6.48. The molecule has 0 heterocycles. The van der Waals surface area contributed by atoms with Crippen molar-refractivity contribution in [2.45, 2.75) is 43.9 Å². The van der Waals surface area contributed by atoms with Gasteiger partial charge in [0.25, 0.3) is 0 Å². The maximum Gasteiger partial charge on any atom is 0.143 e. The third kappa shape index (κ3) is 3.45. The molecule has 1 aromatic rings. The second kappa shape index (κ2) is 6.33. The van der Waals surface area contributed by atoms with E-state index in [4.69, 9.17) is 11.6 Å². The minimum absolute atomic E-state index is 0.149. The topological polar surface area (TPSA) is 0 Å². The minimum atomic E-state index is -0.467. The Kier molecular flexibility index (Phi) is 5.02. The van der Waals surface area contributed by atoms with Gasteiger partial charge in [0.2, 0.25) is 0 Å². The van der Waals surface area contributed by atoms with Crippen LogP contribution in [0, 0.1) is 17.6 Å². The van der Waals surface area contributed by atoms with Crippen LogP contribution in [0.2, 0.25) is 0 Å². The molecule has 18 heavy (non-hydrogen) atoms. The van der Waals surface area contributed by atoms with E-state index in [0.29, 0.717) is 10.9 Å². The summed E-state index contributed by atoms with van der Waals surface area (Å²) in [4.78, 5) is 0. The molecule has 4 heteroatoms. The summed E-state index contributed by atoms with van der Waals surface area (Å²) in [6.45, 7) is 0. The molecular formula is C14H16BrClF2. The molecule has 0 saturated heterocycles. The summed E-state index contributed by atoms with van der Waals surface area (Å²) in [5.74, 6) is -0.635. The van der Waals surface area contributed by atoms with Gasteiger partial charge in [-0.1, -0.05) is 19.3 Å². The van der Waals surface area contributed by atoms with Crippen LogP contribution in [0.25, 0.3) is 0 Å². The van der Waals surface area contributed by atoms with Crippen molar-refractivity contribution in [3.05, 3.63) is 33.8 Å². The highest BCUT2D eigenvalue weighted by Gasteiger charge is 2.22. The first-order valence-electron chi connectivity index (χ1n) is 6.34. The monoisotopic (exact) mass is 336 g/mol. The second-order valence-electron chi connectivity index (χ2n) is 5.01. The standard InChI is InChI=1S/C14H16BrClF2/c15-12-5-6-13(17)11(14(12)18)8-9-3-1-2-4-10(16)7-9/h5-6,9-10H,1-4,7-8H2. The van der Waals surface area contributed by atoms with Gasteiger partial charge >= 0.3 is 0 Å². The third-order valence-corrected chi connectivity index (χ3v) is 4.61. The van der Waals surface area contributed by atoms with E-state index < -0.39 is 11.6 Å². The lowest BCUT2D eigenvalue weighted by Crippen LogP contribution is -2.11. The molecule has 0 amide bonds. The fraction of sp³-hybridized carbons (Fsp3) is 0.571. The van der Waals surface area contributed by atoms with Crippen molar-refractivity contribution >= 4 is 27.5 Å². The van der Waals surface area contributed by atoms with Gasteiger partial charge in [-0.25, -0.2) is 8.78 Å². The average molecular weight is 338 g/mol. The number of benzene rings is 1. The molecule has 0 nitrogen and oxygen atoms in total. The van der Waals surface area contributed by atoms with Crippen LogP contribution in [-0.2, 0) is 6.42 Å². The van der Waals surface area contributed by atoms with E-state index in [2.05, 4.69) is 15.9 Å². The quantitative estimate of drug-likeness (QED) is 0.382. The van der Waals surface area contributed by atoms with Crippen LogP contribution in [0.15, 0.2) is 16.6 Å². The summed E-state index contributed by atoms with van der Waals surface area (Å²) in [7, 11) is 0. The van der Waals surface area contributed by atoms with Gasteiger partial charge in [-0.2, -0.15) is 0 Å². The van der Waals surface area contributed by atoms with Crippen molar-refractivity contribution in [3.63, 3.8) is 0 Å². The number of hydrogen-bond donors (Lipinski definition) is 0. The Hall–Kier alpha value is -0.150. The van der Waals surface area contributed by atoms with Crippen LogP contribution in [-0.4, -0.2) is 5.38 Å². The van der Waals surface area contributed by atoms with Gasteiger partial charge < -0.3 is 0 Å². The lowest BCUT2D eigenvalue weighted by atomic mass is 9.92. The van der Waals surface area contributed by atoms with Gasteiger partial charge in [-0.15, -0.1) is 11.6 Å². The van der Waals surface area contributed by atoms with Crippen LogP contribution >= 0.6 is 27.5 Å².